The molecule has 0 amide bonds. The van der Waals surface area contributed by atoms with Gasteiger partial charge >= 0.3 is 242 Å². The van der Waals surface area contributed by atoms with Gasteiger partial charge in [-0.1, -0.05) is 0 Å². The number of para-hydroxylation sites is 3. The van der Waals surface area contributed by atoms with E-state index in [2.05, 4.69) is 70.2 Å². The maximum atomic E-state index is 7.36. The summed E-state index contributed by atoms with van der Waals surface area (Å²) in [5.74, 6) is 2.36. The summed E-state index contributed by atoms with van der Waals surface area (Å²) >= 11 is 0. The van der Waals surface area contributed by atoms with Gasteiger partial charge in [0, 0.05) is 0 Å². The Kier molecular flexibility index (Phi) is 10.3. The molecule has 0 unspecified atom stereocenters. The molecule has 0 aromatic heterocycles. The van der Waals surface area contributed by atoms with Gasteiger partial charge in [0.15, 0.2) is 0 Å². The number of rotatable bonds is 15. The average Bonchev–Trinajstić information content (AvgIpc) is 2.97. The first-order chi connectivity index (χ1) is 19.5. The third-order valence-corrected chi connectivity index (χ3v) is 11.6. The molecular weight excluding hydrogens is 511 g/mol. The van der Waals surface area contributed by atoms with Gasteiger partial charge in [0.1, 0.15) is 0 Å². The van der Waals surface area contributed by atoms with E-state index in [1.165, 1.54) is 32.1 Å². The van der Waals surface area contributed by atoms with Gasteiger partial charge in [0.25, 0.3) is 0 Å². The third-order valence-electron chi connectivity index (χ3n) is 7.53. The molecule has 0 aliphatic rings. The zero-order valence-electron chi connectivity index (χ0n) is 24.6. The van der Waals surface area contributed by atoms with Crippen LogP contribution >= 0.6 is 7.28 Å². The van der Waals surface area contributed by atoms with Crippen LogP contribution in [0.5, 0.6) is 17.2 Å². The van der Waals surface area contributed by atoms with Gasteiger partial charge < -0.3 is 0 Å². The van der Waals surface area contributed by atoms with Gasteiger partial charge in [-0.05, 0) is 0 Å². The van der Waals surface area contributed by atoms with Crippen molar-refractivity contribution < 1.29 is 13.6 Å². The predicted octanol–water partition coefficient (Wildman–Crippen LogP) is 10.5. The Labute approximate surface area is 241 Å². The molecule has 4 aromatic carbocycles. The molecule has 0 N–H and O–H groups in total. The molecule has 0 radical (unpaired) electrons. The fourth-order valence-electron chi connectivity index (χ4n) is 5.11. The molecule has 0 bridgehead atoms. The van der Waals surface area contributed by atoms with Crippen LogP contribution in [0.25, 0.3) is 0 Å². The molecule has 0 aliphatic heterocycles. The van der Waals surface area contributed by atoms with Gasteiger partial charge in [-0.3, -0.25) is 0 Å². The van der Waals surface area contributed by atoms with E-state index in [0.717, 1.165) is 52.1 Å². The fourth-order valence-corrected chi connectivity index (χ4v) is 9.40. The molecule has 40 heavy (non-hydrogen) atoms. The van der Waals surface area contributed by atoms with E-state index < -0.39 is 7.28 Å². The van der Waals surface area contributed by atoms with Crippen LogP contribution in [0.1, 0.15) is 68.6 Å². The number of unbranched alkanes of at least 4 members (excludes halogenated alkanes) is 6. The van der Waals surface area contributed by atoms with Crippen LogP contribution in [0.4, 0.5) is 0 Å². The van der Waals surface area contributed by atoms with Gasteiger partial charge in [0.05, 0.1) is 0 Å². The first-order valence-corrected chi connectivity index (χ1v) is 17.0. The molecule has 4 rings (SSSR count). The van der Waals surface area contributed by atoms with Crippen molar-refractivity contribution >= 4 is 12.6 Å². The summed E-state index contributed by atoms with van der Waals surface area (Å²) in [6, 6.07) is 34.9. The molecule has 4 aromatic rings. The van der Waals surface area contributed by atoms with E-state index in [9.17, 15) is 0 Å². The molecule has 0 saturated carbocycles. The van der Waals surface area contributed by atoms with Crippen molar-refractivity contribution in [3.05, 3.63) is 120 Å². The first-order valence-electron chi connectivity index (χ1n) is 14.8. The maximum absolute atomic E-state index is 7.36. The van der Waals surface area contributed by atoms with Crippen molar-refractivity contribution in [2.24, 2.45) is 0 Å². The van der Waals surface area contributed by atoms with Crippen molar-refractivity contribution in [1.82, 2.24) is 0 Å². The van der Waals surface area contributed by atoms with Crippen LogP contribution in [0, 0.1) is 20.8 Å². The van der Waals surface area contributed by atoms with Crippen LogP contribution < -0.4 is 18.9 Å². The molecule has 212 valence electrons. The third kappa shape index (κ3) is 7.07. The molecule has 4 heteroatoms. The van der Waals surface area contributed by atoms with Crippen molar-refractivity contribution in [2.75, 3.05) is 6.16 Å². The number of hydrogen-bond acceptors (Lipinski definition) is 3. The SMILES string of the molecule is CCCCCCCCCP(Oc1ccccc1C)(Oc1ccccc1C)(Oc1ccccc1C)c1ccccc1. The zero-order valence-corrected chi connectivity index (χ0v) is 25.5. The topological polar surface area (TPSA) is 27.7 Å². The fraction of sp³-hybridized carbons (Fsp3) is 0.333. The van der Waals surface area contributed by atoms with E-state index in [-0.39, 0.29) is 0 Å². The van der Waals surface area contributed by atoms with Crippen LogP contribution in [-0.2, 0) is 0 Å². The molecule has 0 spiro atoms. The van der Waals surface area contributed by atoms with Crippen molar-refractivity contribution in [3.8, 4) is 17.2 Å². The molecule has 0 heterocycles. The first kappa shape index (κ1) is 29.7. The summed E-state index contributed by atoms with van der Waals surface area (Å²) in [6.45, 7) is 8.52. The van der Waals surface area contributed by atoms with E-state index in [1.807, 2.05) is 60.7 Å². The Balaban J connectivity index is 1.91. The van der Waals surface area contributed by atoms with Gasteiger partial charge in [0.2, 0.25) is 0 Å². The molecular formula is C36H45O3P. The predicted molar refractivity (Wildman–Crippen MR) is 171 cm³/mol. The summed E-state index contributed by atoms with van der Waals surface area (Å²) in [4.78, 5) is 0. The minimum absolute atomic E-state index is 0.639. The number of benzene rings is 4. The van der Waals surface area contributed by atoms with Crippen molar-refractivity contribution in [3.63, 3.8) is 0 Å². The molecule has 0 aliphatic carbocycles. The van der Waals surface area contributed by atoms with E-state index in [0.29, 0.717) is 6.16 Å². The summed E-state index contributed by atoms with van der Waals surface area (Å²) in [5, 5.41) is 0.953. The normalized spacial score (nSPS) is 12.3. The number of aryl methyl sites for hydroxylation is 3. The van der Waals surface area contributed by atoms with E-state index in [4.69, 9.17) is 13.6 Å². The van der Waals surface area contributed by atoms with E-state index in [1.54, 1.807) is 0 Å². The second-order valence-corrected chi connectivity index (χ2v) is 14.4. The standard InChI is InChI=1S/C36H45O3P/c1-5-6-7-8-9-10-20-29-40(33-24-12-11-13-25-33,37-34-26-17-14-21-30(34)2,38-35-27-18-15-22-31(35)3)39-36-28-19-16-23-32(36)4/h11-19,21-28H,5-10,20,29H2,1-4H3. The second-order valence-electron chi connectivity index (χ2n) is 10.8. The quantitative estimate of drug-likeness (QED) is 0.108. The Morgan fingerprint density at radius 2 is 0.825 bits per heavy atom. The van der Waals surface area contributed by atoms with Crippen LogP contribution in [0.15, 0.2) is 103 Å². The van der Waals surface area contributed by atoms with Crippen molar-refractivity contribution in [2.45, 2.75) is 72.6 Å². The van der Waals surface area contributed by atoms with Crippen LogP contribution in [0.3, 0.4) is 0 Å². The summed E-state index contributed by atoms with van der Waals surface area (Å²) in [6.07, 6.45) is 8.96. The van der Waals surface area contributed by atoms with Crippen LogP contribution in [-0.4, -0.2) is 6.16 Å². The van der Waals surface area contributed by atoms with E-state index >= 15 is 0 Å². The second kappa shape index (κ2) is 13.9. The average molecular weight is 557 g/mol. The molecule has 3 nitrogen and oxygen atoms in total. The van der Waals surface area contributed by atoms with Crippen LogP contribution in [0.2, 0.25) is 0 Å². The molecule has 0 saturated heterocycles. The van der Waals surface area contributed by atoms with Gasteiger partial charge in [-0.25, -0.2) is 0 Å². The summed E-state index contributed by atoms with van der Waals surface area (Å²) < 4.78 is 22.1. The number of hydrogen-bond donors (Lipinski definition) is 0. The monoisotopic (exact) mass is 556 g/mol. The minimum atomic E-state index is -4.14. The molecule has 0 atom stereocenters. The summed E-state index contributed by atoms with van der Waals surface area (Å²) in [5.41, 5.74) is 3.15. The molecule has 0 fully saturated rings. The van der Waals surface area contributed by atoms with Gasteiger partial charge in [-0.2, -0.15) is 0 Å². The summed E-state index contributed by atoms with van der Waals surface area (Å²) in [7, 11) is -4.14. The Morgan fingerprint density at radius 3 is 1.25 bits per heavy atom. The van der Waals surface area contributed by atoms with Gasteiger partial charge in [-0.15, -0.1) is 0 Å². The Morgan fingerprint density at radius 1 is 0.450 bits per heavy atom. The Bertz CT molecular complexity index is 1230. The zero-order chi connectivity index (χ0) is 28.3. The van der Waals surface area contributed by atoms with Crippen molar-refractivity contribution in [1.29, 1.82) is 0 Å². The Hall–Kier alpha value is -3.29.